The lowest BCUT2D eigenvalue weighted by Gasteiger charge is -2.11. The summed E-state index contributed by atoms with van der Waals surface area (Å²) in [6.45, 7) is 4.72. The Morgan fingerprint density at radius 1 is 1.07 bits per heavy atom. The summed E-state index contributed by atoms with van der Waals surface area (Å²) in [4.78, 5) is 24.0. The average molecular weight is 432 g/mol. The number of thiocarbonyl (C=S) groups is 1. The number of hydrogen-bond donors (Lipinski definition) is 3. The van der Waals surface area contributed by atoms with Gasteiger partial charge in [-0.15, -0.1) is 0 Å². The lowest BCUT2D eigenvalue weighted by molar-refractivity contribution is -0.115. The van der Waals surface area contributed by atoms with E-state index in [9.17, 15) is 9.59 Å². The van der Waals surface area contributed by atoms with Crippen molar-refractivity contribution in [2.75, 3.05) is 6.61 Å². The summed E-state index contributed by atoms with van der Waals surface area (Å²) in [6.07, 6.45) is 2.95. The van der Waals surface area contributed by atoms with Gasteiger partial charge in [0, 0.05) is 16.7 Å². The molecule has 0 spiro atoms. The lowest BCUT2D eigenvalue weighted by atomic mass is 10.2. The molecular formula is C21H22ClN3O3S. The number of halogens is 1. The molecule has 8 heteroatoms. The maximum atomic E-state index is 12.1. The molecule has 29 heavy (non-hydrogen) atoms. The van der Waals surface area contributed by atoms with E-state index in [4.69, 9.17) is 28.6 Å². The number of hydrogen-bond acceptors (Lipinski definition) is 4. The lowest BCUT2D eigenvalue weighted by Crippen LogP contribution is -2.48. The van der Waals surface area contributed by atoms with E-state index in [1.54, 1.807) is 54.6 Å². The van der Waals surface area contributed by atoms with Crippen molar-refractivity contribution < 1.29 is 14.3 Å². The first kappa shape index (κ1) is 22.4. The predicted octanol–water partition coefficient (Wildman–Crippen LogP) is 3.72. The van der Waals surface area contributed by atoms with Crippen LogP contribution in [0.15, 0.2) is 54.6 Å². The summed E-state index contributed by atoms with van der Waals surface area (Å²) in [5, 5.41) is 3.03. The minimum absolute atomic E-state index is 0.0269. The van der Waals surface area contributed by atoms with Gasteiger partial charge in [0.05, 0.1) is 6.61 Å². The van der Waals surface area contributed by atoms with Crippen molar-refractivity contribution in [3.05, 3.63) is 70.8 Å². The second-order valence-corrected chi connectivity index (χ2v) is 7.36. The van der Waals surface area contributed by atoms with Gasteiger partial charge >= 0.3 is 0 Å². The van der Waals surface area contributed by atoms with E-state index in [-0.39, 0.29) is 5.11 Å². The maximum Gasteiger partial charge on any atom is 0.269 e. The highest BCUT2D eigenvalue weighted by molar-refractivity contribution is 7.80. The molecule has 2 rings (SSSR count). The van der Waals surface area contributed by atoms with Gasteiger partial charge in [-0.1, -0.05) is 37.6 Å². The van der Waals surface area contributed by atoms with Crippen molar-refractivity contribution in [2.24, 2.45) is 5.92 Å². The second kappa shape index (κ2) is 11.2. The van der Waals surface area contributed by atoms with Gasteiger partial charge in [0.2, 0.25) is 5.91 Å². The van der Waals surface area contributed by atoms with Crippen molar-refractivity contribution in [3.63, 3.8) is 0 Å². The fourth-order valence-corrected chi connectivity index (χ4v) is 2.36. The van der Waals surface area contributed by atoms with Crippen molar-refractivity contribution in [1.82, 2.24) is 16.2 Å². The molecule has 3 N–H and O–H groups in total. The van der Waals surface area contributed by atoms with Crippen molar-refractivity contribution >= 4 is 46.8 Å². The fraction of sp³-hybridized carbons (Fsp3) is 0.190. The van der Waals surface area contributed by atoms with E-state index in [0.717, 1.165) is 5.56 Å². The van der Waals surface area contributed by atoms with Crippen LogP contribution in [0.1, 0.15) is 29.8 Å². The summed E-state index contributed by atoms with van der Waals surface area (Å²) in [7, 11) is 0. The smallest absolute Gasteiger partial charge is 0.269 e. The van der Waals surface area contributed by atoms with Gasteiger partial charge in [-0.05, 0) is 66.2 Å². The number of hydrazine groups is 1. The zero-order chi connectivity index (χ0) is 21.2. The first-order valence-corrected chi connectivity index (χ1v) is 9.70. The van der Waals surface area contributed by atoms with Crippen LogP contribution in [0.2, 0.25) is 5.02 Å². The van der Waals surface area contributed by atoms with Crippen LogP contribution in [0.25, 0.3) is 6.08 Å². The third-order valence-corrected chi connectivity index (χ3v) is 3.98. The number of rotatable bonds is 6. The standard InChI is InChI=1S/C21H22ClN3O3S/c1-14(2)13-28-18-10-6-16(7-11-18)20(27)24-25-21(29)23-19(26)12-5-15-3-8-17(22)9-4-15/h3-12,14H,13H2,1-2H3,(H,24,27)(H2,23,25,26,29)/b12-5+. The Kier molecular flexibility index (Phi) is 8.64. The van der Waals surface area contributed by atoms with Crippen LogP contribution in [-0.2, 0) is 4.79 Å². The summed E-state index contributed by atoms with van der Waals surface area (Å²) in [5.41, 5.74) is 6.16. The van der Waals surface area contributed by atoms with Crippen LogP contribution >= 0.6 is 23.8 Å². The number of benzene rings is 2. The highest BCUT2D eigenvalue weighted by Gasteiger charge is 2.07. The third kappa shape index (κ3) is 8.33. The molecule has 0 fully saturated rings. The summed E-state index contributed by atoms with van der Waals surface area (Å²) in [6, 6.07) is 13.7. The molecule has 2 aromatic rings. The quantitative estimate of drug-likeness (QED) is 0.369. The van der Waals surface area contributed by atoms with Crippen molar-refractivity contribution in [2.45, 2.75) is 13.8 Å². The molecule has 0 aromatic heterocycles. The van der Waals surface area contributed by atoms with E-state index in [2.05, 4.69) is 30.0 Å². The van der Waals surface area contributed by atoms with Crippen LogP contribution in [0.3, 0.4) is 0 Å². The van der Waals surface area contributed by atoms with Gasteiger partial charge in [0.25, 0.3) is 5.91 Å². The van der Waals surface area contributed by atoms with Gasteiger partial charge in [0.1, 0.15) is 5.75 Å². The average Bonchev–Trinajstić information content (AvgIpc) is 2.70. The van der Waals surface area contributed by atoms with Crippen molar-refractivity contribution in [1.29, 1.82) is 0 Å². The Hall–Kier alpha value is -2.90. The van der Waals surface area contributed by atoms with E-state index in [1.165, 1.54) is 6.08 Å². The fourth-order valence-electron chi connectivity index (χ4n) is 2.08. The van der Waals surface area contributed by atoms with Crippen molar-refractivity contribution in [3.8, 4) is 5.75 Å². The topological polar surface area (TPSA) is 79.5 Å². The zero-order valence-corrected chi connectivity index (χ0v) is 17.6. The number of carbonyl (C=O) groups excluding carboxylic acids is 2. The molecule has 0 unspecified atom stereocenters. The molecule has 152 valence electrons. The number of ether oxygens (including phenoxy) is 1. The molecule has 0 aliphatic heterocycles. The molecule has 0 saturated heterocycles. The van der Waals surface area contributed by atoms with Crippen LogP contribution in [-0.4, -0.2) is 23.5 Å². The highest BCUT2D eigenvalue weighted by Crippen LogP contribution is 2.13. The Morgan fingerprint density at radius 3 is 2.34 bits per heavy atom. The minimum Gasteiger partial charge on any atom is -0.493 e. The van der Waals surface area contributed by atoms with Gasteiger partial charge < -0.3 is 4.74 Å². The number of amides is 2. The molecule has 0 radical (unpaired) electrons. The Balaban J connectivity index is 1.76. The molecule has 2 aromatic carbocycles. The Bertz CT molecular complexity index is 881. The zero-order valence-electron chi connectivity index (χ0n) is 16.1. The number of nitrogens with one attached hydrogen (secondary N) is 3. The third-order valence-electron chi connectivity index (χ3n) is 3.52. The highest BCUT2D eigenvalue weighted by atomic mass is 35.5. The second-order valence-electron chi connectivity index (χ2n) is 6.51. The molecule has 0 saturated carbocycles. The van der Waals surface area contributed by atoms with Crippen LogP contribution in [0, 0.1) is 5.92 Å². The molecule has 0 aliphatic carbocycles. The first-order chi connectivity index (χ1) is 13.8. The molecule has 6 nitrogen and oxygen atoms in total. The van der Waals surface area contributed by atoms with Gasteiger partial charge in [0.15, 0.2) is 5.11 Å². The normalized spacial score (nSPS) is 10.6. The molecule has 2 amide bonds. The first-order valence-electron chi connectivity index (χ1n) is 8.91. The van der Waals surface area contributed by atoms with Crippen LogP contribution < -0.4 is 20.9 Å². The van der Waals surface area contributed by atoms with E-state index in [1.807, 2.05) is 0 Å². The minimum atomic E-state index is -0.432. The monoisotopic (exact) mass is 431 g/mol. The Labute approximate surface area is 180 Å². The van der Waals surface area contributed by atoms with Crippen LogP contribution in [0.4, 0.5) is 0 Å². The summed E-state index contributed by atoms with van der Waals surface area (Å²) in [5.74, 6) is 0.282. The van der Waals surface area contributed by atoms with E-state index < -0.39 is 11.8 Å². The summed E-state index contributed by atoms with van der Waals surface area (Å²) >= 11 is 10.8. The molecular weight excluding hydrogens is 410 g/mol. The van der Waals surface area contributed by atoms with Gasteiger partial charge in [-0.3, -0.25) is 25.8 Å². The van der Waals surface area contributed by atoms with E-state index >= 15 is 0 Å². The van der Waals surface area contributed by atoms with Crippen LogP contribution in [0.5, 0.6) is 5.75 Å². The largest absolute Gasteiger partial charge is 0.493 e. The maximum absolute atomic E-state index is 12.1. The SMILES string of the molecule is CC(C)COc1ccc(C(=O)NNC(=S)NC(=O)/C=C/c2ccc(Cl)cc2)cc1. The molecule has 0 atom stereocenters. The van der Waals surface area contributed by atoms with Gasteiger partial charge in [-0.2, -0.15) is 0 Å². The van der Waals surface area contributed by atoms with Gasteiger partial charge in [-0.25, -0.2) is 0 Å². The Morgan fingerprint density at radius 2 is 1.72 bits per heavy atom. The molecule has 0 bridgehead atoms. The summed E-state index contributed by atoms with van der Waals surface area (Å²) < 4.78 is 5.58. The number of carbonyl (C=O) groups is 2. The predicted molar refractivity (Wildman–Crippen MR) is 119 cm³/mol. The van der Waals surface area contributed by atoms with E-state index in [0.29, 0.717) is 28.9 Å². The molecule has 0 aliphatic rings. The molecule has 0 heterocycles.